The SMILES string of the molecule is CCCCOc1ccc(-c2c(NC(C)(C)CC(C)(C)C)nc3ncccn23)cc1. The van der Waals surface area contributed by atoms with Crippen molar-refractivity contribution in [3.63, 3.8) is 0 Å². The van der Waals surface area contributed by atoms with E-state index in [-0.39, 0.29) is 11.0 Å². The Labute approximate surface area is 174 Å². The van der Waals surface area contributed by atoms with Crippen molar-refractivity contribution in [1.29, 1.82) is 0 Å². The molecule has 3 rings (SSSR count). The smallest absolute Gasteiger partial charge is 0.236 e. The van der Waals surface area contributed by atoms with Crippen LogP contribution < -0.4 is 10.1 Å². The lowest BCUT2D eigenvalue weighted by Gasteiger charge is -2.33. The quantitative estimate of drug-likeness (QED) is 0.462. The van der Waals surface area contributed by atoms with Gasteiger partial charge in [0.25, 0.3) is 0 Å². The molecule has 1 aromatic carbocycles. The zero-order valence-electron chi connectivity index (χ0n) is 18.6. The molecule has 29 heavy (non-hydrogen) atoms. The van der Waals surface area contributed by atoms with E-state index in [9.17, 15) is 0 Å². The molecule has 0 fully saturated rings. The van der Waals surface area contributed by atoms with E-state index < -0.39 is 0 Å². The monoisotopic (exact) mass is 394 g/mol. The van der Waals surface area contributed by atoms with Crippen molar-refractivity contribution in [2.24, 2.45) is 5.41 Å². The second-order valence-electron chi connectivity index (χ2n) is 9.57. The number of aromatic nitrogens is 3. The second kappa shape index (κ2) is 8.44. The highest BCUT2D eigenvalue weighted by Gasteiger charge is 2.28. The summed E-state index contributed by atoms with van der Waals surface area (Å²) in [6, 6.07) is 10.2. The van der Waals surface area contributed by atoms with Crippen molar-refractivity contribution in [2.75, 3.05) is 11.9 Å². The molecule has 0 atom stereocenters. The molecule has 0 unspecified atom stereocenters. The van der Waals surface area contributed by atoms with Gasteiger partial charge >= 0.3 is 0 Å². The Morgan fingerprint density at radius 2 is 1.79 bits per heavy atom. The Morgan fingerprint density at radius 1 is 1.07 bits per heavy atom. The van der Waals surface area contributed by atoms with Crippen LogP contribution in [0.4, 0.5) is 5.82 Å². The van der Waals surface area contributed by atoms with Gasteiger partial charge in [0.05, 0.1) is 12.3 Å². The number of anilines is 1. The molecule has 0 bridgehead atoms. The molecule has 0 saturated carbocycles. The lowest BCUT2D eigenvalue weighted by Crippen LogP contribution is -2.35. The van der Waals surface area contributed by atoms with E-state index in [0.29, 0.717) is 5.78 Å². The third-order valence-electron chi connectivity index (χ3n) is 4.73. The maximum absolute atomic E-state index is 5.82. The highest BCUT2D eigenvalue weighted by atomic mass is 16.5. The average Bonchev–Trinajstić information content (AvgIpc) is 2.97. The summed E-state index contributed by atoms with van der Waals surface area (Å²) in [4.78, 5) is 9.24. The molecular formula is C24H34N4O. The fraction of sp³-hybridized carbons (Fsp3) is 0.500. The van der Waals surface area contributed by atoms with Crippen LogP contribution in [0.1, 0.15) is 60.8 Å². The number of unbranched alkanes of at least 4 members (excludes halogenated alkanes) is 1. The van der Waals surface area contributed by atoms with Crippen LogP contribution in [0, 0.1) is 5.41 Å². The number of ether oxygens (including phenoxy) is 1. The summed E-state index contributed by atoms with van der Waals surface area (Å²) in [5.74, 6) is 2.45. The molecule has 0 aliphatic carbocycles. The Morgan fingerprint density at radius 3 is 2.45 bits per heavy atom. The molecule has 0 radical (unpaired) electrons. The van der Waals surface area contributed by atoms with Crippen LogP contribution in [0.3, 0.4) is 0 Å². The minimum Gasteiger partial charge on any atom is -0.494 e. The van der Waals surface area contributed by atoms with Gasteiger partial charge in [-0.05, 0) is 62.4 Å². The standard InChI is InChI=1S/C24H34N4O/c1-7-8-16-29-19-12-10-18(11-13-19)20-21(26-22-25-14-9-15-28(20)22)27-24(5,6)17-23(2,3)4/h9-15,27H,7-8,16-17H2,1-6H3. The maximum Gasteiger partial charge on any atom is 0.236 e. The van der Waals surface area contributed by atoms with Gasteiger partial charge in [0, 0.05) is 23.5 Å². The average molecular weight is 395 g/mol. The predicted octanol–water partition coefficient (Wildman–Crippen LogP) is 6.20. The van der Waals surface area contributed by atoms with Crippen LogP contribution in [0.25, 0.3) is 17.0 Å². The van der Waals surface area contributed by atoms with Crippen molar-refractivity contribution in [1.82, 2.24) is 14.4 Å². The summed E-state index contributed by atoms with van der Waals surface area (Å²) < 4.78 is 7.87. The lowest BCUT2D eigenvalue weighted by molar-refractivity contribution is 0.302. The Kier molecular flexibility index (Phi) is 6.15. The van der Waals surface area contributed by atoms with Crippen LogP contribution in [0.15, 0.2) is 42.7 Å². The van der Waals surface area contributed by atoms with Crippen LogP contribution >= 0.6 is 0 Å². The Hall–Kier alpha value is -2.56. The van der Waals surface area contributed by atoms with E-state index in [0.717, 1.165) is 48.7 Å². The van der Waals surface area contributed by atoms with Crippen molar-refractivity contribution >= 4 is 11.6 Å². The van der Waals surface area contributed by atoms with Gasteiger partial charge < -0.3 is 10.1 Å². The van der Waals surface area contributed by atoms with Gasteiger partial charge in [-0.1, -0.05) is 34.1 Å². The first-order chi connectivity index (χ1) is 13.7. The van der Waals surface area contributed by atoms with Gasteiger partial charge in [-0.15, -0.1) is 0 Å². The molecule has 2 aromatic heterocycles. The van der Waals surface area contributed by atoms with Crippen molar-refractivity contribution in [2.45, 2.75) is 66.3 Å². The number of hydrogen-bond donors (Lipinski definition) is 1. The summed E-state index contributed by atoms with van der Waals surface area (Å²) in [6.45, 7) is 14.2. The van der Waals surface area contributed by atoms with E-state index in [1.807, 2.05) is 28.8 Å². The summed E-state index contributed by atoms with van der Waals surface area (Å²) in [5.41, 5.74) is 2.22. The number of hydrogen-bond acceptors (Lipinski definition) is 4. The van der Waals surface area contributed by atoms with Crippen molar-refractivity contribution in [3.05, 3.63) is 42.7 Å². The third-order valence-corrected chi connectivity index (χ3v) is 4.73. The number of rotatable bonds is 8. The third kappa shape index (κ3) is 5.49. The number of nitrogens with one attached hydrogen (secondary N) is 1. The van der Waals surface area contributed by atoms with Crippen LogP contribution in [-0.2, 0) is 0 Å². The molecule has 1 N–H and O–H groups in total. The molecule has 5 nitrogen and oxygen atoms in total. The highest BCUT2D eigenvalue weighted by molar-refractivity contribution is 5.76. The topological polar surface area (TPSA) is 51.5 Å². The first kappa shape index (κ1) is 21.2. The number of nitrogens with zero attached hydrogens (tertiary/aromatic N) is 3. The minimum atomic E-state index is -0.103. The zero-order chi connectivity index (χ0) is 21.1. The van der Waals surface area contributed by atoms with Crippen LogP contribution in [0.2, 0.25) is 0 Å². The second-order valence-corrected chi connectivity index (χ2v) is 9.57. The Balaban J connectivity index is 1.95. The fourth-order valence-corrected chi connectivity index (χ4v) is 3.98. The number of imidazole rings is 1. The highest BCUT2D eigenvalue weighted by Crippen LogP contribution is 2.34. The van der Waals surface area contributed by atoms with Crippen molar-refractivity contribution in [3.8, 4) is 17.0 Å². The van der Waals surface area contributed by atoms with E-state index in [2.05, 4.69) is 64.0 Å². The molecular weight excluding hydrogens is 360 g/mol. The van der Waals surface area contributed by atoms with Gasteiger partial charge in [-0.2, -0.15) is 4.98 Å². The molecule has 0 amide bonds. The molecule has 2 heterocycles. The zero-order valence-corrected chi connectivity index (χ0v) is 18.6. The fourth-order valence-electron chi connectivity index (χ4n) is 3.98. The van der Waals surface area contributed by atoms with Crippen LogP contribution in [0.5, 0.6) is 5.75 Å². The molecule has 0 aliphatic heterocycles. The maximum atomic E-state index is 5.82. The normalized spacial score (nSPS) is 12.3. The number of fused-ring (bicyclic) bond motifs is 1. The first-order valence-electron chi connectivity index (χ1n) is 10.5. The minimum absolute atomic E-state index is 0.103. The summed E-state index contributed by atoms with van der Waals surface area (Å²) in [5, 5.41) is 3.68. The summed E-state index contributed by atoms with van der Waals surface area (Å²) >= 11 is 0. The summed E-state index contributed by atoms with van der Waals surface area (Å²) in [6.07, 6.45) is 7.01. The predicted molar refractivity (Wildman–Crippen MR) is 121 cm³/mol. The molecule has 3 aromatic rings. The van der Waals surface area contributed by atoms with E-state index in [1.165, 1.54) is 0 Å². The van der Waals surface area contributed by atoms with E-state index >= 15 is 0 Å². The Bertz CT molecular complexity index is 936. The molecule has 5 heteroatoms. The van der Waals surface area contributed by atoms with E-state index in [1.54, 1.807) is 6.20 Å². The van der Waals surface area contributed by atoms with Gasteiger partial charge in [0.2, 0.25) is 5.78 Å². The van der Waals surface area contributed by atoms with Gasteiger partial charge in [-0.3, -0.25) is 4.40 Å². The largest absolute Gasteiger partial charge is 0.494 e. The first-order valence-corrected chi connectivity index (χ1v) is 10.5. The van der Waals surface area contributed by atoms with Gasteiger partial charge in [0.1, 0.15) is 5.75 Å². The molecule has 156 valence electrons. The molecule has 0 saturated heterocycles. The van der Waals surface area contributed by atoms with Gasteiger partial charge in [-0.25, -0.2) is 4.98 Å². The van der Waals surface area contributed by atoms with Crippen LogP contribution in [-0.4, -0.2) is 26.5 Å². The van der Waals surface area contributed by atoms with E-state index in [4.69, 9.17) is 9.72 Å². The lowest BCUT2D eigenvalue weighted by atomic mass is 9.82. The molecule has 0 aliphatic rings. The molecule has 0 spiro atoms. The van der Waals surface area contributed by atoms with Gasteiger partial charge in [0.15, 0.2) is 5.82 Å². The van der Waals surface area contributed by atoms with Crippen molar-refractivity contribution < 1.29 is 4.74 Å². The summed E-state index contributed by atoms with van der Waals surface area (Å²) in [7, 11) is 0. The number of benzene rings is 1.